The van der Waals surface area contributed by atoms with Gasteiger partial charge in [-0.3, -0.25) is 14.7 Å². The van der Waals surface area contributed by atoms with Crippen molar-refractivity contribution in [3.8, 4) is 5.75 Å². The predicted octanol–water partition coefficient (Wildman–Crippen LogP) is 1.97. The maximum atomic E-state index is 12.8. The molecule has 0 bridgehead atoms. The highest BCUT2D eigenvalue weighted by atomic mass is 32.2. The highest BCUT2D eigenvalue weighted by Gasteiger charge is 2.29. The Labute approximate surface area is 174 Å². The van der Waals surface area contributed by atoms with E-state index in [1.165, 1.54) is 25.3 Å². The van der Waals surface area contributed by atoms with Gasteiger partial charge in [0.25, 0.3) is 5.56 Å². The van der Waals surface area contributed by atoms with Gasteiger partial charge in [-0.2, -0.15) is 11.8 Å². The molecule has 0 N–H and O–H groups in total. The van der Waals surface area contributed by atoms with Crippen molar-refractivity contribution in [2.45, 2.75) is 32.0 Å². The monoisotopic (exact) mass is 415 g/mol. The second-order valence-electron chi connectivity index (χ2n) is 7.26. The average Bonchev–Trinajstić information content (AvgIpc) is 3.19. The van der Waals surface area contributed by atoms with Crippen molar-refractivity contribution in [1.82, 2.24) is 14.5 Å². The normalized spacial score (nSPS) is 19.4. The molecule has 0 amide bonds. The second kappa shape index (κ2) is 9.00. The lowest BCUT2D eigenvalue weighted by Gasteiger charge is -2.26. The van der Waals surface area contributed by atoms with Gasteiger partial charge >= 0.3 is 5.97 Å². The molecule has 1 atom stereocenters. The lowest BCUT2D eigenvalue weighted by Crippen LogP contribution is -2.37. The average molecular weight is 416 g/mol. The van der Waals surface area contributed by atoms with Gasteiger partial charge in [0.05, 0.1) is 7.11 Å². The van der Waals surface area contributed by atoms with Crippen LogP contribution in [-0.4, -0.2) is 58.2 Å². The molecule has 2 aromatic rings. The van der Waals surface area contributed by atoms with E-state index in [4.69, 9.17) is 9.47 Å². The fourth-order valence-corrected chi connectivity index (χ4v) is 5.27. The minimum atomic E-state index is -0.469. The molecule has 0 radical (unpaired) electrons. The number of aromatic nitrogens is 2. The highest BCUT2D eigenvalue weighted by molar-refractivity contribution is 7.99. The first-order valence-electron chi connectivity index (χ1n) is 9.86. The van der Waals surface area contributed by atoms with Gasteiger partial charge in [0.15, 0.2) is 0 Å². The van der Waals surface area contributed by atoms with E-state index in [2.05, 4.69) is 9.88 Å². The van der Waals surface area contributed by atoms with Crippen LogP contribution in [0.2, 0.25) is 0 Å². The summed E-state index contributed by atoms with van der Waals surface area (Å²) < 4.78 is 12.7. The third kappa shape index (κ3) is 4.33. The third-order valence-corrected chi connectivity index (χ3v) is 6.73. The van der Waals surface area contributed by atoms with Gasteiger partial charge in [-0.1, -0.05) is 0 Å². The van der Waals surface area contributed by atoms with Crippen LogP contribution >= 0.6 is 11.8 Å². The topological polar surface area (TPSA) is 73.7 Å². The summed E-state index contributed by atoms with van der Waals surface area (Å²) in [6.45, 7) is 2.46. The number of carbonyl (C=O) groups excluding carboxylic acids is 1. The molecule has 0 aliphatic carbocycles. The number of hydrogen-bond donors (Lipinski definition) is 0. The van der Waals surface area contributed by atoms with Crippen LogP contribution in [0.3, 0.4) is 0 Å². The Kier molecular flexibility index (Phi) is 6.20. The summed E-state index contributed by atoms with van der Waals surface area (Å²) in [7, 11) is 1.36. The molecule has 154 valence electrons. The summed E-state index contributed by atoms with van der Waals surface area (Å²) >= 11 is 1.98. The summed E-state index contributed by atoms with van der Waals surface area (Å²) in [5.74, 6) is 2.14. The molecule has 1 unspecified atom stereocenters. The summed E-state index contributed by atoms with van der Waals surface area (Å²) in [6.07, 6.45) is 5.16. The lowest BCUT2D eigenvalue weighted by atomic mass is 10.1. The number of esters is 1. The SMILES string of the molecule is COC(=O)c1c(OCc2ccncc2)cc(=O)n2c1CCN(C1CCSC1)CC2. The van der Waals surface area contributed by atoms with Crippen LogP contribution in [0.4, 0.5) is 0 Å². The number of ether oxygens (including phenoxy) is 2. The van der Waals surface area contributed by atoms with Gasteiger partial charge in [-0.25, -0.2) is 4.79 Å². The predicted molar refractivity (Wildman–Crippen MR) is 112 cm³/mol. The highest BCUT2D eigenvalue weighted by Crippen LogP contribution is 2.27. The maximum Gasteiger partial charge on any atom is 0.343 e. The molecule has 8 heteroatoms. The van der Waals surface area contributed by atoms with Gasteiger partial charge in [0.1, 0.15) is 17.9 Å². The van der Waals surface area contributed by atoms with Crippen molar-refractivity contribution in [2.24, 2.45) is 0 Å². The first kappa shape index (κ1) is 20.0. The second-order valence-corrected chi connectivity index (χ2v) is 8.41. The molecule has 0 spiro atoms. The number of thioether (sulfide) groups is 1. The van der Waals surface area contributed by atoms with Crippen LogP contribution in [-0.2, 0) is 24.3 Å². The fourth-order valence-electron chi connectivity index (χ4n) is 4.02. The standard InChI is InChI=1S/C21H25N3O4S/c1-27-21(26)20-17-4-8-23(16-5-11-29-14-16)9-10-24(17)19(25)12-18(20)28-13-15-2-6-22-7-3-15/h2-3,6-7,12,16H,4-5,8-11,13-14H2,1H3. The summed E-state index contributed by atoms with van der Waals surface area (Å²) in [4.78, 5) is 31.9. The summed E-state index contributed by atoms with van der Waals surface area (Å²) in [5, 5.41) is 0. The Balaban J connectivity index is 1.65. The van der Waals surface area contributed by atoms with Crippen LogP contribution in [0, 0.1) is 0 Å². The number of hydrogen-bond acceptors (Lipinski definition) is 7. The summed E-state index contributed by atoms with van der Waals surface area (Å²) in [5.41, 5.74) is 1.85. The van der Waals surface area contributed by atoms with E-state index >= 15 is 0 Å². The van der Waals surface area contributed by atoms with Crippen LogP contribution in [0.1, 0.15) is 28.0 Å². The number of carbonyl (C=O) groups is 1. The molecule has 0 aromatic carbocycles. The Morgan fingerprint density at radius 1 is 1.28 bits per heavy atom. The first-order chi connectivity index (χ1) is 14.2. The Morgan fingerprint density at radius 3 is 2.83 bits per heavy atom. The molecule has 4 rings (SSSR count). The van der Waals surface area contributed by atoms with Gasteiger partial charge in [-0.05, 0) is 29.9 Å². The van der Waals surface area contributed by atoms with E-state index < -0.39 is 5.97 Å². The lowest BCUT2D eigenvalue weighted by molar-refractivity contribution is 0.0592. The van der Waals surface area contributed by atoms with Gasteiger partial charge in [0.2, 0.25) is 0 Å². The van der Waals surface area contributed by atoms with Gasteiger partial charge in [0, 0.05) is 62.0 Å². The van der Waals surface area contributed by atoms with E-state index in [9.17, 15) is 9.59 Å². The largest absolute Gasteiger partial charge is 0.488 e. The van der Waals surface area contributed by atoms with Crippen LogP contribution in [0.15, 0.2) is 35.4 Å². The van der Waals surface area contributed by atoms with Crippen molar-refractivity contribution in [3.63, 3.8) is 0 Å². The number of fused-ring (bicyclic) bond motifs is 1. The van der Waals surface area contributed by atoms with Crippen molar-refractivity contribution >= 4 is 17.7 Å². The van der Waals surface area contributed by atoms with Gasteiger partial charge in [-0.15, -0.1) is 0 Å². The van der Waals surface area contributed by atoms with Crippen LogP contribution in [0.25, 0.3) is 0 Å². The maximum absolute atomic E-state index is 12.8. The number of rotatable bonds is 5. The first-order valence-corrected chi connectivity index (χ1v) is 11.0. The van der Waals surface area contributed by atoms with Crippen molar-refractivity contribution < 1.29 is 14.3 Å². The zero-order chi connectivity index (χ0) is 20.2. The molecule has 7 nitrogen and oxygen atoms in total. The van der Waals surface area contributed by atoms with Crippen LogP contribution < -0.4 is 10.3 Å². The number of nitrogens with zero attached hydrogens (tertiary/aromatic N) is 3. The van der Waals surface area contributed by atoms with Crippen molar-refractivity contribution in [3.05, 3.63) is 57.8 Å². The Bertz CT molecular complexity index is 926. The molecular weight excluding hydrogens is 390 g/mol. The van der Waals surface area contributed by atoms with E-state index in [0.29, 0.717) is 30.3 Å². The third-order valence-electron chi connectivity index (χ3n) is 5.58. The minimum absolute atomic E-state index is 0.139. The molecule has 1 saturated heterocycles. The molecule has 2 aliphatic heterocycles. The number of pyridine rings is 2. The molecule has 2 aromatic heterocycles. The summed E-state index contributed by atoms with van der Waals surface area (Å²) in [6, 6.07) is 5.64. The van der Waals surface area contributed by atoms with Crippen LogP contribution in [0.5, 0.6) is 5.75 Å². The molecule has 2 aliphatic rings. The van der Waals surface area contributed by atoms with Crippen molar-refractivity contribution in [2.75, 3.05) is 31.7 Å². The van der Waals surface area contributed by atoms with E-state index in [1.54, 1.807) is 17.0 Å². The van der Waals surface area contributed by atoms with Gasteiger partial charge < -0.3 is 14.0 Å². The minimum Gasteiger partial charge on any atom is -0.488 e. The number of methoxy groups -OCH3 is 1. The Hall–Kier alpha value is -2.32. The van der Waals surface area contributed by atoms with E-state index in [0.717, 1.165) is 24.4 Å². The molecule has 4 heterocycles. The van der Waals surface area contributed by atoms with E-state index in [-0.39, 0.29) is 17.9 Å². The molecule has 1 fully saturated rings. The smallest absolute Gasteiger partial charge is 0.343 e. The quantitative estimate of drug-likeness (QED) is 0.691. The zero-order valence-corrected chi connectivity index (χ0v) is 17.3. The molecule has 29 heavy (non-hydrogen) atoms. The molecule has 0 saturated carbocycles. The van der Waals surface area contributed by atoms with Crippen molar-refractivity contribution in [1.29, 1.82) is 0 Å². The van der Waals surface area contributed by atoms with E-state index in [1.807, 2.05) is 23.9 Å². The fraction of sp³-hybridized carbons (Fsp3) is 0.476. The Morgan fingerprint density at radius 2 is 2.10 bits per heavy atom. The zero-order valence-electron chi connectivity index (χ0n) is 16.5. The molecular formula is C21H25N3O4S.